The lowest BCUT2D eigenvalue weighted by Crippen LogP contribution is -2.47. The molecule has 0 saturated heterocycles. The van der Waals surface area contributed by atoms with Crippen molar-refractivity contribution in [2.45, 2.75) is 19.3 Å². The first-order valence-corrected chi connectivity index (χ1v) is 6.61. The Labute approximate surface area is 121 Å². The largest absolute Gasteiger partial charge is 0.480 e. The maximum atomic E-state index is 12.0. The number of carboxylic acids is 2. The summed E-state index contributed by atoms with van der Waals surface area (Å²) in [4.78, 5) is 23.7. The lowest BCUT2D eigenvalue weighted by Gasteiger charge is -2.39. The van der Waals surface area contributed by atoms with E-state index in [9.17, 15) is 19.8 Å². The summed E-state index contributed by atoms with van der Waals surface area (Å²) < 4.78 is 0. The topological polar surface area (TPSA) is 86.6 Å². The fourth-order valence-corrected chi connectivity index (χ4v) is 3.56. The van der Waals surface area contributed by atoms with E-state index in [2.05, 4.69) is 11.9 Å². The van der Waals surface area contributed by atoms with Crippen LogP contribution in [0.1, 0.15) is 24.0 Å². The number of carboxylic acid groups (broad SMARTS) is 2. The first-order valence-electron chi connectivity index (χ1n) is 6.61. The van der Waals surface area contributed by atoms with Crippen molar-refractivity contribution in [1.82, 2.24) is 5.32 Å². The van der Waals surface area contributed by atoms with Gasteiger partial charge in [-0.05, 0) is 24.5 Å². The first-order chi connectivity index (χ1) is 9.89. The second kappa shape index (κ2) is 4.22. The number of hydrogen-bond donors (Lipinski definition) is 3. The highest BCUT2D eigenvalue weighted by molar-refractivity contribution is 5.95. The Morgan fingerprint density at radius 2 is 2.00 bits per heavy atom. The van der Waals surface area contributed by atoms with E-state index in [0.29, 0.717) is 11.4 Å². The van der Waals surface area contributed by atoms with Gasteiger partial charge in [0.05, 0.1) is 5.57 Å². The minimum Gasteiger partial charge on any atom is -0.480 e. The molecule has 2 unspecified atom stereocenters. The standard InChI is InChI=1S/C16H15NO4/c1-8-12(14(18)19)13-11-6-4-3-5-10(11)7-16(13,15(20)21)9(2)17-8/h3-6,13,17H,2,7H2,1H3,(H,18,19)(H,20,21). The van der Waals surface area contributed by atoms with Crippen LogP contribution in [0.4, 0.5) is 0 Å². The van der Waals surface area contributed by atoms with Crippen LogP contribution in [0.2, 0.25) is 0 Å². The number of fused-ring (bicyclic) bond motifs is 3. The molecule has 21 heavy (non-hydrogen) atoms. The molecular weight excluding hydrogens is 270 g/mol. The smallest absolute Gasteiger partial charge is 0.334 e. The van der Waals surface area contributed by atoms with Gasteiger partial charge in [0.2, 0.25) is 0 Å². The van der Waals surface area contributed by atoms with Gasteiger partial charge < -0.3 is 15.5 Å². The average molecular weight is 285 g/mol. The van der Waals surface area contributed by atoms with E-state index in [1.807, 2.05) is 12.1 Å². The molecule has 0 radical (unpaired) electrons. The van der Waals surface area contributed by atoms with E-state index in [4.69, 9.17) is 0 Å². The SMILES string of the molecule is C=C1NC(C)=C(C(=O)O)C2c3ccccc3CC12C(=O)O. The number of aliphatic carboxylic acids is 2. The number of nitrogens with one attached hydrogen (secondary N) is 1. The van der Waals surface area contributed by atoms with Gasteiger partial charge in [-0.3, -0.25) is 4.79 Å². The molecule has 5 heteroatoms. The molecule has 1 aromatic carbocycles. The third-order valence-corrected chi connectivity index (χ3v) is 4.51. The molecule has 5 nitrogen and oxygen atoms in total. The van der Waals surface area contributed by atoms with E-state index in [0.717, 1.165) is 11.1 Å². The molecule has 1 aliphatic carbocycles. The van der Waals surface area contributed by atoms with Crippen molar-refractivity contribution in [2.75, 3.05) is 0 Å². The fourth-order valence-electron chi connectivity index (χ4n) is 3.56. The Balaban J connectivity index is 2.34. The summed E-state index contributed by atoms with van der Waals surface area (Å²) in [5, 5.41) is 22.2. The summed E-state index contributed by atoms with van der Waals surface area (Å²) in [6.45, 7) is 5.50. The van der Waals surface area contributed by atoms with Gasteiger partial charge in [0.15, 0.2) is 0 Å². The molecule has 2 atom stereocenters. The third-order valence-electron chi connectivity index (χ3n) is 4.51. The van der Waals surface area contributed by atoms with Crippen molar-refractivity contribution in [2.24, 2.45) is 5.41 Å². The quantitative estimate of drug-likeness (QED) is 0.772. The Morgan fingerprint density at radius 3 is 2.62 bits per heavy atom. The van der Waals surface area contributed by atoms with Crippen molar-refractivity contribution in [1.29, 1.82) is 0 Å². The van der Waals surface area contributed by atoms with Crippen molar-refractivity contribution >= 4 is 11.9 Å². The Bertz CT molecular complexity index is 719. The highest BCUT2D eigenvalue weighted by Gasteiger charge is 2.58. The summed E-state index contributed by atoms with van der Waals surface area (Å²) in [5.74, 6) is -2.86. The zero-order valence-electron chi connectivity index (χ0n) is 11.5. The molecular formula is C16H15NO4. The molecule has 2 aliphatic rings. The van der Waals surface area contributed by atoms with Crippen LogP contribution in [-0.2, 0) is 16.0 Å². The van der Waals surface area contributed by atoms with Gasteiger partial charge in [0, 0.05) is 17.3 Å². The van der Waals surface area contributed by atoms with Gasteiger partial charge in [0.25, 0.3) is 0 Å². The van der Waals surface area contributed by atoms with Gasteiger partial charge >= 0.3 is 11.9 Å². The van der Waals surface area contributed by atoms with Crippen molar-refractivity contribution in [3.63, 3.8) is 0 Å². The summed E-state index contributed by atoms with van der Waals surface area (Å²) in [6.07, 6.45) is 0.249. The predicted octanol–water partition coefficient (Wildman–Crippen LogP) is 1.87. The van der Waals surface area contributed by atoms with Crippen molar-refractivity contribution in [3.05, 3.63) is 58.9 Å². The Morgan fingerprint density at radius 1 is 1.33 bits per heavy atom. The van der Waals surface area contributed by atoms with Crippen LogP contribution in [0.25, 0.3) is 0 Å². The minimum absolute atomic E-state index is 0.106. The molecule has 0 fully saturated rings. The van der Waals surface area contributed by atoms with Crippen LogP contribution < -0.4 is 5.32 Å². The van der Waals surface area contributed by atoms with Crippen molar-refractivity contribution in [3.8, 4) is 0 Å². The molecule has 0 spiro atoms. The molecule has 1 aliphatic heterocycles. The minimum atomic E-state index is -1.34. The van der Waals surface area contributed by atoms with Crippen molar-refractivity contribution < 1.29 is 19.8 Å². The number of benzene rings is 1. The van der Waals surface area contributed by atoms with Gasteiger partial charge in [-0.25, -0.2) is 4.79 Å². The molecule has 1 heterocycles. The van der Waals surface area contributed by atoms with E-state index in [1.165, 1.54) is 0 Å². The predicted molar refractivity (Wildman–Crippen MR) is 75.6 cm³/mol. The number of rotatable bonds is 2. The molecule has 0 amide bonds. The maximum absolute atomic E-state index is 12.0. The van der Waals surface area contributed by atoms with Crippen LogP contribution in [-0.4, -0.2) is 22.2 Å². The fraction of sp³-hybridized carbons (Fsp3) is 0.250. The first kappa shape index (κ1) is 13.4. The normalized spacial score (nSPS) is 26.9. The highest BCUT2D eigenvalue weighted by atomic mass is 16.4. The molecule has 3 N–H and O–H groups in total. The second-order valence-corrected chi connectivity index (χ2v) is 5.53. The zero-order chi connectivity index (χ0) is 15.4. The van der Waals surface area contributed by atoms with Crippen LogP contribution in [0, 0.1) is 5.41 Å². The molecule has 1 aromatic rings. The van der Waals surface area contributed by atoms with Gasteiger partial charge in [-0.2, -0.15) is 0 Å². The lowest BCUT2D eigenvalue weighted by molar-refractivity contribution is -0.147. The monoisotopic (exact) mass is 285 g/mol. The van der Waals surface area contributed by atoms with E-state index < -0.39 is 23.3 Å². The van der Waals surface area contributed by atoms with Gasteiger partial charge in [-0.1, -0.05) is 30.8 Å². The van der Waals surface area contributed by atoms with E-state index >= 15 is 0 Å². The zero-order valence-corrected chi connectivity index (χ0v) is 11.5. The molecule has 3 rings (SSSR count). The van der Waals surface area contributed by atoms with E-state index in [-0.39, 0.29) is 12.0 Å². The van der Waals surface area contributed by atoms with Crippen LogP contribution >= 0.6 is 0 Å². The number of allylic oxidation sites excluding steroid dienone is 1. The summed E-state index contributed by atoms with van der Waals surface area (Å²) in [7, 11) is 0. The summed E-state index contributed by atoms with van der Waals surface area (Å²) in [5.41, 5.74) is 1.19. The van der Waals surface area contributed by atoms with Crippen LogP contribution in [0.15, 0.2) is 47.8 Å². The Kier molecular flexibility index (Phi) is 2.69. The summed E-state index contributed by atoms with van der Waals surface area (Å²) in [6, 6.07) is 7.29. The van der Waals surface area contributed by atoms with Gasteiger partial charge in [0.1, 0.15) is 5.41 Å². The highest BCUT2D eigenvalue weighted by Crippen LogP contribution is 2.56. The van der Waals surface area contributed by atoms with Crippen LogP contribution in [0.5, 0.6) is 0 Å². The maximum Gasteiger partial charge on any atom is 0.334 e. The Hall–Kier alpha value is -2.56. The average Bonchev–Trinajstić information content (AvgIpc) is 2.75. The lowest BCUT2D eigenvalue weighted by atomic mass is 9.67. The van der Waals surface area contributed by atoms with Crippen LogP contribution in [0.3, 0.4) is 0 Å². The molecule has 108 valence electrons. The molecule has 0 bridgehead atoms. The summed E-state index contributed by atoms with van der Waals surface area (Å²) >= 11 is 0. The van der Waals surface area contributed by atoms with Gasteiger partial charge in [-0.15, -0.1) is 0 Å². The second-order valence-electron chi connectivity index (χ2n) is 5.53. The molecule has 0 saturated carbocycles. The number of hydrogen-bond acceptors (Lipinski definition) is 3. The number of carbonyl (C=O) groups is 2. The molecule has 0 aromatic heterocycles. The third kappa shape index (κ3) is 1.57. The van der Waals surface area contributed by atoms with E-state index in [1.54, 1.807) is 19.1 Å².